The number of ether oxygens (including phenoxy) is 1. The minimum atomic E-state index is -0.504. The third-order valence-electron chi connectivity index (χ3n) is 4.93. The molecule has 1 unspecified atom stereocenters. The molecule has 26 heavy (non-hydrogen) atoms. The summed E-state index contributed by atoms with van der Waals surface area (Å²) in [6.07, 6.45) is 1.41. The molecule has 0 radical (unpaired) electrons. The monoisotopic (exact) mass is 361 g/mol. The second-order valence-corrected chi connectivity index (χ2v) is 7.18. The molecule has 0 bridgehead atoms. The summed E-state index contributed by atoms with van der Waals surface area (Å²) in [6.45, 7) is 7.86. The van der Waals surface area contributed by atoms with E-state index in [1.165, 1.54) is 0 Å². The highest BCUT2D eigenvalue weighted by atomic mass is 16.6. The molecule has 2 rings (SSSR count). The number of benzene rings is 1. The van der Waals surface area contributed by atoms with Gasteiger partial charge in [0.1, 0.15) is 6.61 Å². The molecule has 2 amide bonds. The maximum atomic E-state index is 12.7. The van der Waals surface area contributed by atoms with Gasteiger partial charge in [-0.25, -0.2) is 4.79 Å². The van der Waals surface area contributed by atoms with Crippen LogP contribution in [0.15, 0.2) is 30.3 Å². The molecule has 1 aromatic carbocycles. The topological polar surface area (TPSA) is 75.9 Å². The molecule has 1 aromatic rings. The Balaban J connectivity index is 1.94. The van der Waals surface area contributed by atoms with Crippen molar-refractivity contribution < 1.29 is 14.3 Å². The Morgan fingerprint density at radius 3 is 2.62 bits per heavy atom. The van der Waals surface area contributed by atoms with E-state index >= 15 is 0 Å². The van der Waals surface area contributed by atoms with Crippen LogP contribution in [0.3, 0.4) is 0 Å². The number of nitrogens with zero attached hydrogens (tertiary/aromatic N) is 2. The molecule has 0 saturated carbocycles. The van der Waals surface area contributed by atoms with E-state index in [0.717, 1.165) is 18.4 Å². The van der Waals surface area contributed by atoms with E-state index in [4.69, 9.17) is 10.5 Å². The van der Waals surface area contributed by atoms with E-state index < -0.39 is 6.04 Å². The zero-order valence-corrected chi connectivity index (χ0v) is 16.1. The molecule has 6 heteroatoms. The third-order valence-corrected chi connectivity index (χ3v) is 4.93. The average molecular weight is 361 g/mol. The predicted molar refractivity (Wildman–Crippen MR) is 101 cm³/mol. The first-order valence-corrected chi connectivity index (χ1v) is 9.45. The fraction of sp³-hybridized carbons (Fsp3) is 0.600. The lowest BCUT2D eigenvalue weighted by Crippen LogP contribution is -2.56. The zero-order valence-electron chi connectivity index (χ0n) is 16.1. The molecular weight excluding hydrogens is 330 g/mol. The van der Waals surface area contributed by atoms with E-state index in [0.29, 0.717) is 19.6 Å². The molecular formula is C20H31N3O3. The van der Waals surface area contributed by atoms with Gasteiger partial charge in [-0.05, 0) is 31.2 Å². The van der Waals surface area contributed by atoms with E-state index in [9.17, 15) is 9.59 Å². The summed E-state index contributed by atoms with van der Waals surface area (Å²) in [5.74, 6) is 0.0547. The molecule has 2 N–H and O–H groups in total. The average Bonchev–Trinajstić information content (AvgIpc) is 2.67. The number of amides is 2. The minimum Gasteiger partial charge on any atom is -0.445 e. The number of hydrogen-bond donors (Lipinski definition) is 1. The lowest BCUT2D eigenvalue weighted by atomic mass is 10.00. The van der Waals surface area contributed by atoms with Crippen LogP contribution in [0.5, 0.6) is 0 Å². The second kappa shape index (κ2) is 9.57. The van der Waals surface area contributed by atoms with Crippen molar-refractivity contribution in [2.75, 3.05) is 19.6 Å². The number of likely N-dealkylation sites (N-methyl/N-ethyl adjacent to an activating group) is 1. The van der Waals surface area contributed by atoms with Gasteiger partial charge in [-0.3, -0.25) is 4.79 Å². The van der Waals surface area contributed by atoms with Crippen LogP contribution in [0.2, 0.25) is 0 Å². The quantitative estimate of drug-likeness (QED) is 0.845. The highest BCUT2D eigenvalue weighted by Crippen LogP contribution is 2.19. The number of carbonyl (C=O) groups excluding carboxylic acids is 2. The highest BCUT2D eigenvalue weighted by Gasteiger charge is 2.33. The molecule has 1 fully saturated rings. The predicted octanol–water partition coefficient (Wildman–Crippen LogP) is 2.62. The molecule has 144 valence electrons. The lowest BCUT2D eigenvalue weighted by molar-refractivity contribution is -0.136. The Bertz CT molecular complexity index is 591. The van der Waals surface area contributed by atoms with E-state index in [-0.39, 0.29) is 30.6 Å². The van der Waals surface area contributed by atoms with Crippen LogP contribution in [0, 0.1) is 5.92 Å². The van der Waals surface area contributed by atoms with Crippen LogP contribution in [0.25, 0.3) is 0 Å². The molecule has 1 heterocycles. The van der Waals surface area contributed by atoms with Gasteiger partial charge in [0.15, 0.2) is 0 Å². The van der Waals surface area contributed by atoms with Gasteiger partial charge in [0, 0.05) is 25.7 Å². The SMILES string of the molecule is CCN(C(=O)[C@@H](N)C(C)C)C1CCCN(C(=O)OCc2ccccc2)C1. The van der Waals surface area contributed by atoms with Gasteiger partial charge >= 0.3 is 6.09 Å². The van der Waals surface area contributed by atoms with E-state index in [2.05, 4.69) is 0 Å². The molecule has 0 aliphatic carbocycles. The Labute approximate surface area is 156 Å². The van der Waals surface area contributed by atoms with Gasteiger partial charge in [-0.15, -0.1) is 0 Å². The van der Waals surface area contributed by atoms with Crippen LogP contribution in [-0.4, -0.2) is 53.5 Å². The summed E-state index contributed by atoms with van der Waals surface area (Å²) < 4.78 is 5.43. The van der Waals surface area contributed by atoms with Crippen LogP contribution in [0.4, 0.5) is 4.79 Å². The van der Waals surface area contributed by atoms with Crippen LogP contribution >= 0.6 is 0 Å². The standard InChI is InChI=1S/C20H31N3O3/c1-4-23(19(24)18(21)15(2)3)17-11-8-12-22(13-17)20(25)26-14-16-9-6-5-7-10-16/h5-7,9-10,15,17-18H,4,8,11-14,21H2,1-3H3/t17?,18-/m0/s1. The van der Waals surface area contributed by atoms with E-state index in [1.54, 1.807) is 4.90 Å². The van der Waals surface area contributed by atoms with Crippen molar-refractivity contribution in [1.29, 1.82) is 0 Å². The molecule has 0 aromatic heterocycles. The number of likely N-dealkylation sites (tertiary alicyclic amines) is 1. The van der Waals surface area contributed by atoms with Gasteiger partial charge in [-0.2, -0.15) is 0 Å². The maximum absolute atomic E-state index is 12.7. The first-order chi connectivity index (χ1) is 12.4. The normalized spacial score (nSPS) is 18.5. The van der Waals surface area contributed by atoms with Gasteiger partial charge < -0.3 is 20.3 Å². The molecule has 0 spiro atoms. The molecule has 1 aliphatic rings. The fourth-order valence-corrected chi connectivity index (χ4v) is 3.26. The zero-order chi connectivity index (χ0) is 19.1. The summed E-state index contributed by atoms with van der Waals surface area (Å²) in [7, 11) is 0. The fourth-order valence-electron chi connectivity index (χ4n) is 3.26. The summed E-state index contributed by atoms with van der Waals surface area (Å²) in [4.78, 5) is 28.6. The number of nitrogens with two attached hydrogens (primary N) is 1. The number of rotatable bonds is 6. The maximum Gasteiger partial charge on any atom is 0.410 e. The summed E-state index contributed by atoms with van der Waals surface area (Å²) >= 11 is 0. The van der Waals surface area contributed by atoms with Crippen molar-refractivity contribution in [3.05, 3.63) is 35.9 Å². The van der Waals surface area contributed by atoms with Crippen LogP contribution in [0.1, 0.15) is 39.2 Å². The minimum absolute atomic E-state index is 0.00433. The molecule has 1 saturated heterocycles. The Hall–Kier alpha value is -2.08. The largest absolute Gasteiger partial charge is 0.445 e. The smallest absolute Gasteiger partial charge is 0.410 e. The number of hydrogen-bond acceptors (Lipinski definition) is 4. The van der Waals surface area contributed by atoms with Gasteiger partial charge in [0.2, 0.25) is 5.91 Å². The molecule has 1 aliphatic heterocycles. The number of carbonyl (C=O) groups is 2. The third kappa shape index (κ3) is 5.21. The number of piperidine rings is 1. The first-order valence-electron chi connectivity index (χ1n) is 9.45. The van der Waals surface area contributed by atoms with Gasteiger partial charge in [0.05, 0.1) is 6.04 Å². The van der Waals surface area contributed by atoms with Crippen molar-refractivity contribution in [1.82, 2.24) is 9.80 Å². The van der Waals surface area contributed by atoms with Crippen LogP contribution < -0.4 is 5.73 Å². The Morgan fingerprint density at radius 2 is 2.00 bits per heavy atom. The van der Waals surface area contributed by atoms with Crippen molar-refractivity contribution in [3.63, 3.8) is 0 Å². The first kappa shape index (κ1) is 20.2. The van der Waals surface area contributed by atoms with Crippen molar-refractivity contribution in [2.45, 2.75) is 52.3 Å². The van der Waals surface area contributed by atoms with Gasteiger partial charge in [-0.1, -0.05) is 44.2 Å². The van der Waals surface area contributed by atoms with Crippen molar-refractivity contribution in [2.24, 2.45) is 11.7 Å². The van der Waals surface area contributed by atoms with Gasteiger partial charge in [0.25, 0.3) is 0 Å². The lowest BCUT2D eigenvalue weighted by Gasteiger charge is -2.39. The van der Waals surface area contributed by atoms with E-state index in [1.807, 2.05) is 56.0 Å². The summed E-state index contributed by atoms with van der Waals surface area (Å²) in [6, 6.07) is 9.11. The molecule has 2 atom stereocenters. The summed E-state index contributed by atoms with van der Waals surface area (Å²) in [5.41, 5.74) is 7.01. The van der Waals surface area contributed by atoms with Crippen molar-refractivity contribution >= 4 is 12.0 Å². The Morgan fingerprint density at radius 1 is 1.31 bits per heavy atom. The Kier molecular flexibility index (Phi) is 7.45. The summed E-state index contributed by atoms with van der Waals surface area (Å²) in [5, 5.41) is 0. The van der Waals surface area contributed by atoms with Crippen LogP contribution in [-0.2, 0) is 16.1 Å². The van der Waals surface area contributed by atoms with Crippen molar-refractivity contribution in [3.8, 4) is 0 Å². The second-order valence-electron chi connectivity index (χ2n) is 7.18. The highest BCUT2D eigenvalue weighted by molar-refractivity contribution is 5.82. The molecule has 6 nitrogen and oxygen atoms in total.